The summed E-state index contributed by atoms with van der Waals surface area (Å²) in [6, 6.07) is 9.81. The van der Waals surface area contributed by atoms with Gasteiger partial charge in [-0.3, -0.25) is 14.9 Å². The van der Waals surface area contributed by atoms with E-state index in [-0.39, 0.29) is 11.8 Å². The van der Waals surface area contributed by atoms with Crippen molar-refractivity contribution in [2.75, 3.05) is 0 Å². The number of aryl methyl sites for hydroxylation is 1. The predicted molar refractivity (Wildman–Crippen MR) is 81.5 cm³/mol. The van der Waals surface area contributed by atoms with Crippen molar-refractivity contribution >= 4 is 24.1 Å². The number of carbonyl (C=O) groups is 1. The molecule has 0 aliphatic rings. The molecule has 0 spiro atoms. The van der Waals surface area contributed by atoms with Gasteiger partial charge in [0.1, 0.15) is 10.7 Å². The van der Waals surface area contributed by atoms with Gasteiger partial charge in [-0.2, -0.15) is 5.10 Å². The third kappa shape index (κ3) is 4.14. The third-order valence-corrected chi connectivity index (χ3v) is 2.69. The van der Waals surface area contributed by atoms with Gasteiger partial charge in [0.05, 0.1) is 6.07 Å². The quantitative estimate of drug-likeness (QED) is 0.521. The third-order valence-electron chi connectivity index (χ3n) is 2.69. The number of hydrazone groups is 1. The Kier molecular flexibility index (Phi) is 4.81. The molecular formula is C15H13N3O4. The normalized spacial score (nSPS) is 11.1. The standard InChI is InChI=1S/C15H13N3O4/c1-11-4-6-12(7-5-11)15(19)17-16-10-2-3-13-8-9-14(22-13)18(20)21/h2-10H,1H3,(H,17,19)/b3-2+,16-10-. The van der Waals surface area contributed by atoms with Crippen LogP contribution in [0.4, 0.5) is 5.88 Å². The minimum atomic E-state index is -0.618. The lowest BCUT2D eigenvalue weighted by molar-refractivity contribution is -0.402. The highest BCUT2D eigenvalue weighted by Gasteiger charge is 2.09. The van der Waals surface area contributed by atoms with Crippen LogP contribution in [0.5, 0.6) is 0 Å². The Morgan fingerprint density at radius 2 is 2.00 bits per heavy atom. The van der Waals surface area contributed by atoms with Crippen molar-refractivity contribution in [1.82, 2.24) is 5.43 Å². The zero-order chi connectivity index (χ0) is 15.9. The van der Waals surface area contributed by atoms with Crippen LogP contribution < -0.4 is 5.43 Å². The molecule has 2 aromatic rings. The van der Waals surface area contributed by atoms with Gasteiger partial charge in [0, 0.05) is 11.8 Å². The Hall–Kier alpha value is -3.22. The minimum absolute atomic E-state index is 0.321. The van der Waals surface area contributed by atoms with E-state index in [1.807, 2.05) is 19.1 Å². The first-order valence-electron chi connectivity index (χ1n) is 6.37. The number of furan rings is 1. The van der Waals surface area contributed by atoms with Crippen molar-refractivity contribution in [2.45, 2.75) is 6.92 Å². The lowest BCUT2D eigenvalue weighted by Gasteiger charge is -1.99. The van der Waals surface area contributed by atoms with Crippen LogP contribution in [0.2, 0.25) is 0 Å². The maximum absolute atomic E-state index is 11.7. The van der Waals surface area contributed by atoms with E-state index in [4.69, 9.17) is 4.42 Å². The van der Waals surface area contributed by atoms with Crippen LogP contribution in [-0.2, 0) is 0 Å². The van der Waals surface area contributed by atoms with Crippen molar-refractivity contribution in [3.63, 3.8) is 0 Å². The number of nitrogens with zero attached hydrogens (tertiary/aromatic N) is 2. The SMILES string of the molecule is Cc1ccc(C(=O)N/N=C\C=C\c2ccc([N+](=O)[O-])o2)cc1. The summed E-state index contributed by atoms with van der Waals surface area (Å²) in [7, 11) is 0. The first-order chi connectivity index (χ1) is 10.6. The Labute approximate surface area is 126 Å². The largest absolute Gasteiger partial charge is 0.433 e. The van der Waals surface area contributed by atoms with E-state index in [0.717, 1.165) is 5.56 Å². The molecule has 0 aliphatic carbocycles. The van der Waals surface area contributed by atoms with Crippen LogP contribution in [0, 0.1) is 17.0 Å². The fourth-order valence-electron chi connectivity index (χ4n) is 1.58. The zero-order valence-electron chi connectivity index (χ0n) is 11.7. The molecule has 0 saturated carbocycles. The molecule has 1 aromatic heterocycles. The van der Waals surface area contributed by atoms with E-state index in [1.54, 1.807) is 12.1 Å². The molecule has 1 amide bonds. The summed E-state index contributed by atoms with van der Waals surface area (Å²) in [6.07, 6.45) is 4.34. The summed E-state index contributed by atoms with van der Waals surface area (Å²) >= 11 is 0. The monoisotopic (exact) mass is 299 g/mol. The topological polar surface area (TPSA) is 97.7 Å². The van der Waals surface area contributed by atoms with Crippen LogP contribution in [0.3, 0.4) is 0 Å². The molecule has 0 aliphatic heterocycles. The number of rotatable bonds is 5. The number of nitro groups is 1. The van der Waals surface area contributed by atoms with Crippen molar-refractivity contribution in [2.24, 2.45) is 5.10 Å². The highest BCUT2D eigenvalue weighted by molar-refractivity contribution is 5.94. The van der Waals surface area contributed by atoms with Crippen LogP contribution in [0.1, 0.15) is 21.7 Å². The zero-order valence-corrected chi connectivity index (χ0v) is 11.7. The highest BCUT2D eigenvalue weighted by Crippen LogP contribution is 2.16. The van der Waals surface area contributed by atoms with Crippen LogP contribution in [-0.4, -0.2) is 17.0 Å². The van der Waals surface area contributed by atoms with E-state index >= 15 is 0 Å². The number of benzene rings is 1. The molecule has 0 radical (unpaired) electrons. The van der Waals surface area contributed by atoms with Crippen molar-refractivity contribution < 1.29 is 14.1 Å². The molecule has 0 saturated heterocycles. The van der Waals surface area contributed by atoms with Gasteiger partial charge < -0.3 is 4.42 Å². The first kappa shape index (κ1) is 15.2. The molecular weight excluding hydrogens is 286 g/mol. The van der Waals surface area contributed by atoms with Gasteiger partial charge in [0.2, 0.25) is 0 Å². The summed E-state index contributed by atoms with van der Waals surface area (Å²) in [5.74, 6) is -0.328. The fraction of sp³-hybridized carbons (Fsp3) is 0.0667. The molecule has 0 bridgehead atoms. The van der Waals surface area contributed by atoms with E-state index in [1.165, 1.54) is 30.5 Å². The van der Waals surface area contributed by atoms with Crippen molar-refractivity contribution in [3.05, 3.63) is 69.5 Å². The van der Waals surface area contributed by atoms with Crippen molar-refractivity contribution in [1.29, 1.82) is 0 Å². The number of hydrogen-bond donors (Lipinski definition) is 1. The molecule has 0 unspecified atom stereocenters. The van der Waals surface area contributed by atoms with Crippen LogP contribution >= 0.6 is 0 Å². The molecule has 1 heterocycles. The summed E-state index contributed by atoms with van der Waals surface area (Å²) in [4.78, 5) is 21.5. The fourth-order valence-corrected chi connectivity index (χ4v) is 1.58. The van der Waals surface area contributed by atoms with Gasteiger partial charge in [0.15, 0.2) is 0 Å². The Morgan fingerprint density at radius 3 is 2.64 bits per heavy atom. The number of nitrogens with one attached hydrogen (secondary N) is 1. The number of allylic oxidation sites excluding steroid dienone is 1. The molecule has 0 atom stereocenters. The van der Waals surface area contributed by atoms with Gasteiger partial charge in [-0.05, 0) is 37.3 Å². The molecule has 7 heteroatoms. The molecule has 2 rings (SSSR count). The average Bonchev–Trinajstić information content (AvgIpc) is 2.96. The summed E-state index contributed by atoms with van der Waals surface area (Å²) in [5, 5.41) is 14.2. The number of carbonyl (C=O) groups excluding carboxylic acids is 1. The average molecular weight is 299 g/mol. The lowest BCUT2D eigenvalue weighted by atomic mass is 10.1. The second kappa shape index (κ2) is 6.98. The van der Waals surface area contributed by atoms with E-state index in [0.29, 0.717) is 11.3 Å². The minimum Gasteiger partial charge on any atom is -0.401 e. The molecule has 7 nitrogen and oxygen atoms in total. The predicted octanol–water partition coefficient (Wildman–Crippen LogP) is 2.93. The maximum Gasteiger partial charge on any atom is 0.433 e. The second-order valence-electron chi connectivity index (χ2n) is 4.38. The number of hydrogen-bond acceptors (Lipinski definition) is 5. The van der Waals surface area contributed by atoms with Crippen molar-refractivity contribution in [3.8, 4) is 0 Å². The number of amides is 1. The molecule has 0 fully saturated rings. The van der Waals surface area contributed by atoms with Crippen LogP contribution in [0.25, 0.3) is 6.08 Å². The van der Waals surface area contributed by atoms with Crippen LogP contribution in [0.15, 0.2) is 52.0 Å². The van der Waals surface area contributed by atoms with E-state index < -0.39 is 4.92 Å². The van der Waals surface area contributed by atoms with Gasteiger partial charge in [-0.25, -0.2) is 5.43 Å². The molecule has 1 N–H and O–H groups in total. The molecule has 112 valence electrons. The summed E-state index contributed by atoms with van der Waals surface area (Å²) in [6.45, 7) is 1.93. The Balaban J connectivity index is 1.86. The molecule has 22 heavy (non-hydrogen) atoms. The lowest BCUT2D eigenvalue weighted by Crippen LogP contribution is -2.17. The summed E-state index contributed by atoms with van der Waals surface area (Å²) in [5.41, 5.74) is 3.94. The van der Waals surface area contributed by atoms with Gasteiger partial charge >= 0.3 is 5.88 Å². The van der Waals surface area contributed by atoms with E-state index in [9.17, 15) is 14.9 Å². The maximum atomic E-state index is 11.7. The highest BCUT2D eigenvalue weighted by atomic mass is 16.6. The van der Waals surface area contributed by atoms with E-state index in [2.05, 4.69) is 10.5 Å². The van der Waals surface area contributed by atoms with Gasteiger partial charge in [-0.15, -0.1) is 0 Å². The van der Waals surface area contributed by atoms with Gasteiger partial charge in [-0.1, -0.05) is 17.7 Å². The Morgan fingerprint density at radius 1 is 1.27 bits per heavy atom. The molecule has 1 aromatic carbocycles. The smallest absolute Gasteiger partial charge is 0.401 e. The van der Waals surface area contributed by atoms with Gasteiger partial charge in [0.25, 0.3) is 5.91 Å². The first-order valence-corrected chi connectivity index (χ1v) is 6.37. The second-order valence-corrected chi connectivity index (χ2v) is 4.38. The Bertz CT molecular complexity index is 730. The summed E-state index contributed by atoms with van der Waals surface area (Å²) < 4.78 is 4.92.